The van der Waals surface area contributed by atoms with E-state index in [0.717, 1.165) is 29.6 Å². The SMILES string of the molecule is CC12CCCCC1CCC1C2CCC23CC(C#N)CC[C@H]2CCC13. The summed E-state index contributed by atoms with van der Waals surface area (Å²) in [5, 5.41) is 9.58. The maximum absolute atomic E-state index is 9.58. The van der Waals surface area contributed by atoms with Crippen LogP contribution in [-0.4, -0.2) is 0 Å². The summed E-state index contributed by atoms with van der Waals surface area (Å²) < 4.78 is 0. The molecular weight excluding hydrogens is 290 g/mol. The highest BCUT2D eigenvalue weighted by Gasteiger charge is 2.62. The zero-order chi connectivity index (χ0) is 16.4. The average molecular weight is 326 g/mol. The fraction of sp³-hybridized carbons (Fsp3) is 0.957. The van der Waals surface area contributed by atoms with E-state index < -0.39 is 0 Å². The van der Waals surface area contributed by atoms with Crippen molar-refractivity contribution in [2.45, 2.75) is 90.4 Å². The highest BCUT2D eigenvalue weighted by molar-refractivity contribution is 5.12. The number of rotatable bonds is 0. The van der Waals surface area contributed by atoms with E-state index in [9.17, 15) is 5.26 Å². The van der Waals surface area contributed by atoms with Crippen LogP contribution in [0.1, 0.15) is 90.4 Å². The highest BCUT2D eigenvalue weighted by atomic mass is 14.7. The molecule has 0 aromatic heterocycles. The molecule has 0 heterocycles. The summed E-state index contributed by atoms with van der Waals surface area (Å²) >= 11 is 0. The molecule has 0 amide bonds. The number of fused-ring (bicyclic) bond motifs is 4. The van der Waals surface area contributed by atoms with Crippen molar-refractivity contribution < 1.29 is 0 Å². The molecule has 1 heteroatoms. The zero-order valence-corrected chi connectivity index (χ0v) is 15.6. The summed E-state index contributed by atoms with van der Waals surface area (Å²) in [5.74, 6) is 5.41. The van der Waals surface area contributed by atoms with Crippen molar-refractivity contribution >= 4 is 0 Å². The van der Waals surface area contributed by atoms with Crippen LogP contribution in [0.25, 0.3) is 0 Å². The van der Waals surface area contributed by atoms with Gasteiger partial charge < -0.3 is 0 Å². The second kappa shape index (κ2) is 5.49. The van der Waals surface area contributed by atoms with Crippen molar-refractivity contribution in [3.05, 3.63) is 0 Å². The smallest absolute Gasteiger partial charge is 0.0656 e. The van der Waals surface area contributed by atoms with Gasteiger partial charge >= 0.3 is 0 Å². The van der Waals surface area contributed by atoms with Crippen LogP contribution >= 0.6 is 0 Å². The number of hydrogen-bond donors (Lipinski definition) is 0. The van der Waals surface area contributed by atoms with Gasteiger partial charge in [0, 0.05) is 5.92 Å². The standard InChI is InChI=1S/C23H35N/c1-22-12-3-2-4-17(22)7-9-19-20(22)11-13-23-14-16(15-24)5-6-18(23)8-10-21(19)23/h16-21H,2-14H2,1H3/t16?,17?,18-,19?,20?,21?,22?,23?/m0/s1. The van der Waals surface area contributed by atoms with Crippen LogP contribution in [0, 0.1) is 57.7 Å². The van der Waals surface area contributed by atoms with E-state index in [2.05, 4.69) is 13.0 Å². The molecule has 0 bridgehead atoms. The van der Waals surface area contributed by atoms with Crippen LogP contribution in [0.2, 0.25) is 0 Å². The molecule has 0 saturated heterocycles. The lowest BCUT2D eigenvalue weighted by molar-refractivity contribution is -0.126. The molecule has 5 aliphatic carbocycles. The first kappa shape index (κ1) is 15.7. The third-order valence-electron chi connectivity index (χ3n) is 10.2. The Labute approximate surface area is 148 Å². The van der Waals surface area contributed by atoms with Crippen LogP contribution < -0.4 is 0 Å². The van der Waals surface area contributed by atoms with Crippen LogP contribution in [-0.2, 0) is 0 Å². The molecule has 5 saturated carbocycles. The molecule has 5 rings (SSSR count). The second-order valence-electron chi connectivity index (χ2n) is 10.6. The largest absolute Gasteiger partial charge is 0.198 e. The Hall–Kier alpha value is -0.510. The van der Waals surface area contributed by atoms with E-state index >= 15 is 0 Å². The summed E-state index contributed by atoms with van der Waals surface area (Å²) in [7, 11) is 0. The summed E-state index contributed by atoms with van der Waals surface area (Å²) in [4.78, 5) is 0. The van der Waals surface area contributed by atoms with E-state index in [4.69, 9.17) is 0 Å². The van der Waals surface area contributed by atoms with Gasteiger partial charge in [0.05, 0.1) is 6.07 Å². The molecule has 0 radical (unpaired) electrons. The van der Waals surface area contributed by atoms with Crippen molar-refractivity contribution in [3.63, 3.8) is 0 Å². The van der Waals surface area contributed by atoms with Gasteiger partial charge in [0.25, 0.3) is 0 Å². The second-order valence-corrected chi connectivity index (χ2v) is 10.6. The number of nitrogens with zero attached hydrogens (tertiary/aromatic N) is 1. The highest BCUT2D eigenvalue weighted by Crippen LogP contribution is 2.70. The average Bonchev–Trinajstić information content (AvgIpc) is 2.99. The van der Waals surface area contributed by atoms with E-state index in [1.807, 2.05) is 0 Å². The van der Waals surface area contributed by atoms with Gasteiger partial charge in [-0.15, -0.1) is 0 Å². The fourth-order valence-electron chi connectivity index (χ4n) is 9.14. The van der Waals surface area contributed by atoms with Gasteiger partial charge in [-0.2, -0.15) is 5.26 Å². The molecule has 5 aliphatic rings. The van der Waals surface area contributed by atoms with Gasteiger partial charge in [-0.3, -0.25) is 0 Å². The van der Waals surface area contributed by atoms with Gasteiger partial charge in [-0.05, 0) is 111 Å². The molecule has 8 atom stereocenters. The third kappa shape index (κ3) is 1.98. The molecule has 132 valence electrons. The number of hydrogen-bond acceptors (Lipinski definition) is 1. The Bertz CT molecular complexity index is 547. The van der Waals surface area contributed by atoms with Crippen LogP contribution in [0.3, 0.4) is 0 Å². The van der Waals surface area contributed by atoms with Crippen molar-refractivity contribution in [2.75, 3.05) is 0 Å². The van der Waals surface area contributed by atoms with Crippen molar-refractivity contribution in [2.24, 2.45) is 46.3 Å². The molecule has 24 heavy (non-hydrogen) atoms. The van der Waals surface area contributed by atoms with E-state index in [1.54, 1.807) is 0 Å². The molecule has 0 aromatic rings. The first-order chi connectivity index (χ1) is 11.7. The molecule has 0 N–H and O–H groups in total. The van der Waals surface area contributed by atoms with Crippen LogP contribution in [0.15, 0.2) is 0 Å². The van der Waals surface area contributed by atoms with Gasteiger partial charge in [0.1, 0.15) is 0 Å². The summed E-state index contributed by atoms with van der Waals surface area (Å²) in [6.07, 6.45) is 18.9. The monoisotopic (exact) mass is 325 g/mol. The Morgan fingerprint density at radius 1 is 0.792 bits per heavy atom. The summed E-state index contributed by atoms with van der Waals surface area (Å²) in [6.45, 7) is 2.69. The predicted octanol–water partition coefficient (Wildman–Crippen LogP) is 6.34. The molecule has 1 nitrogen and oxygen atoms in total. The maximum Gasteiger partial charge on any atom is 0.0656 e. The van der Waals surface area contributed by atoms with E-state index in [1.165, 1.54) is 83.5 Å². The van der Waals surface area contributed by atoms with Crippen molar-refractivity contribution in [1.29, 1.82) is 5.26 Å². The Balaban J connectivity index is 1.46. The Morgan fingerprint density at radius 3 is 2.50 bits per heavy atom. The topological polar surface area (TPSA) is 23.8 Å². The first-order valence-electron chi connectivity index (χ1n) is 11.1. The van der Waals surface area contributed by atoms with Crippen molar-refractivity contribution in [3.8, 4) is 6.07 Å². The molecule has 1 spiro atoms. The van der Waals surface area contributed by atoms with Crippen LogP contribution in [0.5, 0.6) is 0 Å². The van der Waals surface area contributed by atoms with Gasteiger partial charge in [-0.25, -0.2) is 0 Å². The third-order valence-corrected chi connectivity index (χ3v) is 10.2. The summed E-state index contributed by atoms with van der Waals surface area (Å²) in [5.41, 5.74) is 1.27. The zero-order valence-electron chi connectivity index (χ0n) is 15.6. The lowest BCUT2D eigenvalue weighted by atomic mass is 9.43. The van der Waals surface area contributed by atoms with Crippen molar-refractivity contribution in [1.82, 2.24) is 0 Å². The minimum Gasteiger partial charge on any atom is -0.198 e. The lowest BCUT2D eigenvalue weighted by Gasteiger charge is -2.62. The molecule has 0 aromatic carbocycles. The Kier molecular flexibility index (Phi) is 3.60. The van der Waals surface area contributed by atoms with E-state index in [0.29, 0.717) is 16.7 Å². The minimum atomic E-state index is 0.375. The van der Waals surface area contributed by atoms with Gasteiger partial charge in [0.2, 0.25) is 0 Å². The molecular formula is C23H35N. The molecule has 0 aliphatic heterocycles. The number of nitriles is 1. The van der Waals surface area contributed by atoms with Gasteiger partial charge in [0.15, 0.2) is 0 Å². The van der Waals surface area contributed by atoms with E-state index in [-0.39, 0.29) is 0 Å². The predicted molar refractivity (Wildman–Crippen MR) is 97.1 cm³/mol. The molecule has 5 fully saturated rings. The minimum absolute atomic E-state index is 0.375. The summed E-state index contributed by atoms with van der Waals surface area (Å²) in [6, 6.07) is 2.67. The maximum atomic E-state index is 9.58. The molecule has 7 unspecified atom stereocenters. The normalized spacial score (nSPS) is 56.3. The van der Waals surface area contributed by atoms with Gasteiger partial charge in [-0.1, -0.05) is 19.8 Å². The Morgan fingerprint density at radius 2 is 1.62 bits per heavy atom. The lowest BCUT2D eigenvalue weighted by Crippen LogP contribution is -2.54. The van der Waals surface area contributed by atoms with Crippen LogP contribution in [0.4, 0.5) is 0 Å². The first-order valence-corrected chi connectivity index (χ1v) is 11.1. The fourth-order valence-corrected chi connectivity index (χ4v) is 9.14. The quantitative estimate of drug-likeness (QED) is 0.510.